The summed E-state index contributed by atoms with van der Waals surface area (Å²) in [5, 5.41) is 11.4. The molecule has 56 valence electrons. The molecule has 0 aliphatic carbocycles. The minimum absolute atomic E-state index is 0. The third-order valence-corrected chi connectivity index (χ3v) is 0.941. The molecule has 0 radical (unpaired) electrons. The summed E-state index contributed by atoms with van der Waals surface area (Å²) in [4.78, 5) is 10.3. The van der Waals surface area contributed by atoms with E-state index in [2.05, 4.69) is 38.0 Å². The van der Waals surface area contributed by atoms with Gasteiger partial charge in [-0.05, 0) is 10.4 Å². The van der Waals surface area contributed by atoms with Crippen molar-refractivity contribution in [1.29, 1.82) is 0 Å². The summed E-state index contributed by atoms with van der Waals surface area (Å²) in [7, 11) is 0. The van der Waals surface area contributed by atoms with Gasteiger partial charge in [0.25, 0.3) is 0 Å². The third kappa shape index (κ3) is 3.28. The average molecular weight is 184 g/mol. The Morgan fingerprint density at radius 3 is 2.36 bits per heavy atom. The minimum Gasteiger partial charge on any atom is -1.00 e. The number of thiol groups is 1. The molecule has 1 heterocycles. The third-order valence-electron chi connectivity index (χ3n) is 0.671. The topological polar surface area (TPSA) is 75.7 Å². The molecule has 0 fully saturated rings. The van der Waals surface area contributed by atoms with Crippen molar-refractivity contribution in [3.63, 3.8) is 0 Å². The van der Waals surface area contributed by atoms with Crippen LogP contribution in [0.1, 0.15) is 8.35 Å². The van der Waals surface area contributed by atoms with Gasteiger partial charge >= 0.3 is 40.7 Å². The standard InChI is InChI=1S/C3H4N4O2S.Na.H/c1-2(8)9-3(10)4-6-7-5-3;;/h10H,1H3;;/q;+1;-1. The Morgan fingerprint density at radius 1 is 1.55 bits per heavy atom. The molecule has 0 saturated heterocycles. The van der Waals surface area contributed by atoms with E-state index in [1.54, 1.807) is 0 Å². The monoisotopic (exact) mass is 184 g/mol. The molecule has 0 aromatic heterocycles. The van der Waals surface area contributed by atoms with Gasteiger partial charge in [0.05, 0.1) is 0 Å². The first kappa shape index (κ1) is 11.0. The number of esters is 1. The van der Waals surface area contributed by atoms with Gasteiger partial charge in [0, 0.05) is 6.92 Å². The summed E-state index contributed by atoms with van der Waals surface area (Å²) in [5.74, 6) is -0.533. The van der Waals surface area contributed by atoms with Crippen molar-refractivity contribution in [3.8, 4) is 0 Å². The second kappa shape index (κ2) is 4.15. The minimum atomic E-state index is -1.52. The predicted octanol–water partition coefficient (Wildman–Crippen LogP) is -1.96. The second-order valence-corrected chi connectivity index (χ2v) is 2.13. The smallest absolute Gasteiger partial charge is 1.00 e. The van der Waals surface area contributed by atoms with E-state index in [1.165, 1.54) is 6.92 Å². The summed E-state index contributed by atoms with van der Waals surface area (Å²) < 4.78 is 4.50. The van der Waals surface area contributed by atoms with E-state index in [0.29, 0.717) is 0 Å². The van der Waals surface area contributed by atoms with E-state index >= 15 is 0 Å². The van der Waals surface area contributed by atoms with Crippen molar-refractivity contribution in [3.05, 3.63) is 0 Å². The van der Waals surface area contributed by atoms with Crippen molar-refractivity contribution in [2.45, 2.75) is 12.1 Å². The van der Waals surface area contributed by atoms with Gasteiger partial charge < -0.3 is 6.16 Å². The molecule has 11 heavy (non-hydrogen) atoms. The first-order chi connectivity index (χ1) is 4.62. The molecular weight excluding hydrogens is 179 g/mol. The van der Waals surface area contributed by atoms with E-state index in [0.717, 1.165) is 0 Å². The van der Waals surface area contributed by atoms with Crippen LogP contribution in [0.15, 0.2) is 20.7 Å². The van der Waals surface area contributed by atoms with Crippen LogP contribution in [-0.4, -0.2) is 11.2 Å². The number of hydrogen-bond acceptors (Lipinski definition) is 7. The Bertz CT molecular complexity index is 210. The Balaban J connectivity index is 0. The largest absolute Gasteiger partial charge is 1.00 e. The molecule has 0 spiro atoms. The molecule has 0 aromatic carbocycles. The SMILES string of the molecule is CC(=O)OC1(S)N=NN=N1.[H-].[Na+]. The molecule has 0 unspecified atom stereocenters. The van der Waals surface area contributed by atoms with Gasteiger partial charge in [0.1, 0.15) is 0 Å². The van der Waals surface area contributed by atoms with Crippen molar-refractivity contribution in [1.82, 2.24) is 0 Å². The van der Waals surface area contributed by atoms with Crippen molar-refractivity contribution < 1.29 is 40.5 Å². The predicted molar refractivity (Wildman–Crippen MR) is 34.3 cm³/mol. The number of carbonyl (C=O) groups is 1. The van der Waals surface area contributed by atoms with Crippen LogP contribution in [0.4, 0.5) is 0 Å². The number of nitrogens with zero attached hydrogens (tertiary/aromatic N) is 4. The summed E-state index contributed by atoms with van der Waals surface area (Å²) >= 11 is 3.76. The number of hydrogen-bond donors (Lipinski definition) is 1. The number of ether oxygens (including phenoxy) is 1. The maximum atomic E-state index is 10.3. The first-order valence-corrected chi connectivity index (χ1v) is 2.83. The van der Waals surface area contributed by atoms with Crippen molar-refractivity contribution in [2.24, 2.45) is 20.7 Å². The molecule has 0 N–H and O–H groups in total. The van der Waals surface area contributed by atoms with E-state index in [9.17, 15) is 4.79 Å². The molecule has 0 bridgehead atoms. The Hall–Kier alpha value is 0.0200. The summed E-state index contributed by atoms with van der Waals surface area (Å²) in [6, 6.07) is 0. The molecule has 0 amide bonds. The summed E-state index contributed by atoms with van der Waals surface area (Å²) in [6.45, 7) is 1.22. The van der Waals surface area contributed by atoms with Crippen LogP contribution >= 0.6 is 12.6 Å². The van der Waals surface area contributed by atoms with E-state index in [4.69, 9.17) is 0 Å². The fraction of sp³-hybridized carbons (Fsp3) is 0.667. The Morgan fingerprint density at radius 2 is 2.00 bits per heavy atom. The molecule has 1 aliphatic rings. The summed E-state index contributed by atoms with van der Waals surface area (Å²) in [6.07, 6.45) is 0. The molecule has 0 saturated carbocycles. The second-order valence-electron chi connectivity index (χ2n) is 1.55. The maximum Gasteiger partial charge on any atom is 1.00 e. The Labute approximate surface area is 91.7 Å². The van der Waals surface area contributed by atoms with Gasteiger partial charge in [0.2, 0.25) is 0 Å². The quantitative estimate of drug-likeness (QED) is 0.222. The zero-order valence-corrected chi connectivity index (χ0v) is 8.95. The molecule has 6 nitrogen and oxygen atoms in total. The number of rotatable bonds is 1. The van der Waals surface area contributed by atoms with Gasteiger partial charge in [-0.2, -0.15) is 0 Å². The van der Waals surface area contributed by atoms with Crippen LogP contribution in [0, 0.1) is 0 Å². The molecule has 0 atom stereocenters. The molecule has 1 rings (SSSR count). The normalized spacial score (nSPS) is 17.6. The molecule has 1 aliphatic heterocycles. The van der Waals surface area contributed by atoms with E-state index in [1.807, 2.05) is 0 Å². The van der Waals surface area contributed by atoms with Gasteiger partial charge in [-0.1, -0.05) is 22.9 Å². The zero-order valence-electron chi connectivity index (χ0n) is 7.05. The fourth-order valence-electron chi connectivity index (χ4n) is 0.410. The van der Waals surface area contributed by atoms with Crippen molar-refractivity contribution >= 4 is 18.6 Å². The summed E-state index contributed by atoms with van der Waals surface area (Å²) in [5.41, 5.74) is 0. The van der Waals surface area contributed by atoms with Crippen LogP contribution < -0.4 is 29.6 Å². The molecule has 8 heteroatoms. The van der Waals surface area contributed by atoms with Gasteiger partial charge in [-0.3, -0.25) is 4.79 Å². The van der Waals surface area contributed by atoms with Crippen LogP contribution in [0.25, 0.3) is 0 Å². The van der Waals surface area contributed by atoms with Gasteiger partial charge in [-0.25, -0.2) is 0 Å². The maximum absolute atomic E-state index is 10.3. The van der Waals surface area contributed by atoms with E-state index < -0.39 is 11.2 Å². The number of carbonyl (C=O) groups excluding carboxylic acids is 1. The van der Waals surface area contributed by atoms with Crippen LogP contribution in [0.5, 0.6) is 0 Å². The molecular formula is C3H5N4NaO2S. The van der Waals surface area contributed by atoms with E-state index in [-0.39, 0.29) is 31.0 Å². The molecule has 0 aromatic rings. The Kier molecular flexibility index (Phi) is 4.16. The zero-order chi connectivity index (χ0) is 7.61. The van der Waals surface area contributed by atoms with Gasteiger partial charge in [-0.15, -0.1) is 0 Å². The van der Waals surface area contributed by atoms with Crippen molar-refractivity contribution in [2.75, 3.05) is 0 Å². The van der Waals surface area contributed by atoms with Crippen LogP contribution in [-0.2, 0) is 9.53 Å². The van der Waals surface area contributed by atoms with Crippen LogP contribution in [0.3, 0.4) is 0 Å². The fourth-order valence-corrected chi connectivity index (χ4v) is 0.619. The van der Waals surface area contributed by atoms with Crippen LogP contribution in [0.2, 0.25) is 0 Å². The first-order valence-electron chi connectivity index (χ1n) is 2.38. The van der Waals surface area contributed by atoms with Gasteiger partial charge in [0.15, 0.2) is 0 Å². The average Bonchev–Trinajstić information content (AvgIpc) is 2.12.